The summed E-state index contributed by atoms with van der Waals surface area (Å²) in [5, 5.41) is 2.01. The van der Waals surface area contributed by atoms with E-state index >= 15 is 0 Å². The minimum absolute atomic E-state index is 0.560. The van der Waals surface area contributed by atoms with E-state index in [1.165, 1.54) is 22.3 Å². The molecule has 3 heterocycles. The molecule has 1 aliphatic heterocycles. The first kappa shape index (κ1) is 28.1. The van der Waals surface area contributed by atoms with E-state index in [1.807, 2.05) is 48.5 Å². The van der Waals surface area contributed by atoms with Crippen molar-refractivity contribution in [3.63, 3.8) is 0 Å². The Balaban J connectivity index is 1.18. The number of fused-ring (bicyclic) bond motifs is 12. The maximum atomic E-state index is 6.95. The molecule has 0 radical (unpaired) electrons. The number of hydrogen-bond acceptors (Lipinski definition) is 4. The van der Waals surface area contributed by atoms with Gasteiger partial charge in [-0.15, -0.1) is 0 Å². The van der Waals surface area contributed by atoms with Crippen LogP contribution in [0.2, 0.25) is 0 Å². The SMILES string of the molecule is c1ccc(-c2cc(-c3cccc4c3oc3cc5c(cc34)Oc3ccccc3C53c4ccccc4-c4ccccc43)nc(-c3ccccc3)n2)cc1. The molecule has 0 bridgehead atoms. The van der Waals surface area contributed by atoms with E-state index in [0.29, 0.717) is 5.82 Å². The maximum Gasteiger partial charge on any atom is 0.160 e. The first-order chi connectivity index (χ1) is 25.3. The second-order valence-corrected chi connectivity index (χ2v) is 13.3. The van der Waals surface area contributed by atoms with E-state index in [-0.39, 0.29) is 0 Å². The molecule has 0 atom stereocenters. The first-order valence-corrected chi connectivity index (χ1v) is 17.2. The van der Waals surface area contributed by atoms with E-state index in [1.54, 1.807) is 0 Å². The van der Waals surface area contributed by atoms with Gasteiger partial charge in [-0.1, -0.05) is 140 Å². The Morgan fingerprint density at radius 1 is 0.412 bits per heavy atom. The third-order valence-corrected chi connectivity index (χ3v) is 10.6. The molecule has 0 fully saturated rings. The molecule has 2 aromatic heterocycles. The number of furan rings is 1. The molecule has 4 nitrogen and oxygen atoms in total. The van der Waals surface area contributed by atoms with Crippen LogP contribution in [-0.4, -0.2) is 9.97 Å². The molecule has 4 heteroatoms. The lowest BCUT2D eigenvalue weighted by atomic mass is 9.66. The van der Waals surface area contributed by atoms with Gasteiger partial charge in [0.2, 0.25) is 0 Å². The van der Waals surface area contributed by atoms with Gasteiger partial charge in [0.05, 0.1) is 16.8 Å². The average Bonchev–Trinajstić information content (AvgIpc) is 3.71. The maximum absolute atomic E-state index is 6.95. The van der Waals surface area contributed by atoms with Crippen LogP contribution in [0.1, 0.15) is 22.3 Å². The minimum atomic E-state index is -0.560. The predicted octanol–water partition coefficient (Wildman–Crippen LogP) is 11.8. The Morgan fingerprint density at radius 3 is 1.76 bits per heavy atom. The van der Waals surface area contributed by atoms with Crippen LogP contribution in [-0.2, 0) is 5.41 Å². The van der Waals surface area contributed by atoms with Crippen LogP contribution in [0, 0.1) is 0 Å². The number of para-hydroxylation sites is 2. The minimum Gasteiger partial charge on any atom is -0.457 e. The number of rotatable bonds is 3. The van der Waals surface area contributed by atoms with E-state index in [0.717, 1.165) is 72.6 Å². The molecule has 0 unspecified atom stereocenters. The van der Waals surface area contributed by atoms with Crippen LogP contribution >= 0.6 is 0 Å². The summed E-state index contributed by atoms with van der Waals surface area (Å²) in [6, 6.07) is 59.2. The van der Waals surface area contributed by atoms with Gasteiger partial charge in [-0.05, 0) is 52.6 Å². The zero-order valence-electron chi connectivity index (χ0n) is 27.4. The van der Waals surface area contributed by atoms with Gasteiger partial charge in [-0.3, -0.25) is 0 Å². The Kier molecular flexibility index (Phi) is 5.84. The molecule has 1 aliphatic carbocycles. The highest BCUT2D eigenvalue weighted by molar-refractivity contribution is 6.10. The second-order valence-electron chi connectivity index (χ2n) is 13.3. The van der Waals surface area contributed by atoms with Crippen LogP contribution in [0.25, 0.3) is 67.0 Å². The van der Waals surface area contributed by atoms with Crippen molar-refractivity contribution in [2.24, 2.45) is 0 Å². The van der Waals surface area contributed by atoms with Crippen molar-refractivity contribution >= 4 is 21.9 Å². The Morgan fingerprint density at radius 2 is 1.02 bits per heavy atom. The van der Waals surface area contributed by atoms with Gasteiger partial charge in [0.15, 0.2) is 5.82 Å². The van der Waals surface area contributed by atoms with Gasteiger partial charge < -0.3 is 9.15 Å². The van der Waals surface area contributed by atoms with Crippen molar-refractivity contribution in [3.8, 4) is 56.5 Å². The summed E-state index contributed by atoms with van der Waals surface area (Å²) >= 11 is 0. The van der Waals surface area contributed by atoms with Crippen LogP contribution < -0.4 is 4.74 Å². The van der Waals surface area contributed by atoms with Crippen molar-refractivity contribution in [2.75, 3.05) is 0 Å². The fraction of sp³-hybridized carbons (Fsp3) is 0.0213. The summed E-state index contributed by atoms with van der Waals surface area (Å²) in [4.78, 5) is 10.1. The second kappa shape index (κ2) is 10.6. The highest BCUT2D eigenvalue weighted by Gasteiger charge is 2.51. The Labute approximate surface area is 294 Å². The first-order valence-electron chi connectivity index (χ1n) is 17.2. The molecule has 1 spiro atoms. The lowest BCUT2D eigenvalue weighted by Crippen LogP contribution is -2.32. The Bertz CT molecular complexity index is 2730. The third-order valence-electron chi connectivity index (χ3n) is 10.6. The number of ether oxygens (including phenoxy) is 1. The molecular weight excluding hydrogens is 625 g/mol. The van der Waals surface area contributed by atoms with E-state index in [4.69, 9.17) is 19.1 Å². The molecule has 0 saturated heterocycles. The third kappa shape index (κ3) is 3.96. The van der Waals surface area contributed by atoms with Crippen molar-refractivity contribution < 1.29 is 9.15 Å². The van der Waals surface area contributed by atoms with Crippen LogP contribution in [0.15, 0.2) is 174 Å². The number of benzene rings is 7. The zero-order valence-corrected chi connectivity index (χ0v) is 27.4. The van der Waals surface area contributed by atoms with E-state index in [9.17, 15) is 0 Å². The van der Waals surface area contributed by atoms with Crippen molar-refractivity contribution in [2.45, 2.75) is 5.41 Å². The van der Waals surface area contributed by atoms with Crippen LogP contribution in [0.5, 0.6) is 11.5 Å². The summed E-state index contributed by atoms with van der Waals surface area (Å²) in [7, 11) is 0. The van der Waals surface area contributed by atoms with Gasteiger partial charge in [-0.2, -0.15) is 0 Å². The summed E-state index contributed by atoms with van der Waals surface area (Å²) in [5.74, 6) is 2.37. The molecule has 238 valence electrons. The summed E-state index contributed by atoms with van der Waals surface area (Å²) < 4.78 is 13.7. The lowest BCUT2D eigenvalue weighted by molar-refractivity contribution is 0.437. The van der Waals surface area contributed by atoms with Gasteiger partial charge in [0.25, 0.3) is 0 Å². The van der Waals surface area contributed by atoms with Gasteiger partial charge in [0, 0.05) is 38.6 Å². The topological polar surface area (TPSA) is 48.2 Å². The largest absolute Gasteiger partial charge is 0.457 e. The highest BCUT2D eigenvalue weighted by Crippen LogP contribution is 2.62. The molecule has 0 N–H and O–H groups in total. The highest BCUT2D eigenvalue weighted by atomic mass is 16.5. The van der Waals surface area contributed by atoms with Crippen LogP contribution in [0.3, 0.4) is 0 Å². The molecule has 7 aromatic carbocycles. The van der Waals surface area contributed by atoms with Gasteiger partial charge in [-0.25, -0.2) is 9.97 Å². The molecule has 11 rings (SSSR count). The van der Waals surface area contributed by atoms with Crippen molar-refractivity contribution in [1.29, 1.82) is 0 Å². The summed E-state index contributed by atoms with van der Waals surface area (Å²) in [6.45, 7) is 0. The van der Waals surface area contributed by atoms with Crippen LogP contribution in [0.4, 0.5) is 0 Å². The zero-order chi connectivity index (χ0) is 33.5. The Hall–Kier alpha value is -6.78. The molecule has 2 aliphatic rings. The van der Waals surface area contributed by atoms with E-state index in [2.05, 4.69) is 121 Å². The summed E-state index contributed by atoms with van der Waals surface area (Å²) in [6.07, 6.45) is 0. The fourth-order valence-electron chi connectivity index (χ4n) is 8.41. The van der Waals surface area contributed by atoms with E-state index < -0.39 is 5.41 Å². The smallest absolute Gasteiger partial charge is 0.160 e. The summed E-state index contributed by atoms with van der Waals surface area (Å²) in [5.41, 5.74) is 12.8. The number of aromatic nitrogens is 2. The van der Waals surface area contributed by atoms with Crippen molar-refractivity contribution in [3.05, 3.63) is 192 Å². The normalized spacial score (nSPS) is 13.4. The van der Waals surface area contributed by atoms with Gasteiger partial charge in [0.1, 0.15) is 22.7 Å². The molecule has 0 saturated carbocycles. The lowest BCUT2D eigenvalue weighted by Gasteiger charge is -2.39. The van der Waals surface area contributed by atoms with Gasteiger partial charge >= 0.3 is 0 Å². The molecule has 0 amide bonds. The monoisotopic (exact) mass is 652 g/mol. The molecule has 9 aromatic rings. The molecular formula is C47H28N2O2. The van der Waals surface area contributed by atoms with Crippen molar-refractivity contribution in [1.82, 2.24) is 9.97 Å². The fourth-order valence-corrected chi connectivity index (χ4v) is 8.41. The standard InChI is InChI=1S/C47H28N2O2/c1-3-14-29(15-4-1)40-28-41(49-46(48-40)30-16-5-2-6-17-30)34-21-13-20-33-35-26-44-39(27-43(35)51-45(33)34)47(38-24-11-12-25-42(38)50-44)36-22-9-7-18-31(36)32-19-8-10-23-37(32)47/h1-28H. The average molecular weight is 653 g/mol. The quantitative estimate of drug-likeness (QED) is 0.191. The number of nitrogens with zero attached hydrogens (tertiary/aromatic N) is 2. The number of hydrogen-bond donors (Lipinski definition) is 0. The molecule has 51 heavy (non-hydrogen) atoms. The predicted molar refractivity (Wildman–Crippen MR) is 203 cm³/mol.